The Labute approximate surface area is 98.8 Å². The van der Waals surface area contributed by atoms with Gasteiger partial charge in [-0.1, -0.05) is 6.92 Å². The lowest BCUT2D eigenvalue weighted by Crippen LogP contribution is -2.44. The van der Waals surface area contributed by atoms with Gasteiger partial charge in [0.15, 0.2) is 0 Å². The van der Waals surface area contributed by atoms with E-state index in [0.717, 1.165) is 18.9 Å². The van der Waals surface area contributed by atoms with Crippen molar-refractivity contribution in [1.29, 1.82) is 0 Å². The number of amides is 1. The number of halogens is 1. The lowest BCUT2D eigenvalue weighted by Gasteiger charge is -2.11. The largest absolute Gasteiger partial charge is 0.335 e. The number of rotatable bonds is 3. The third-order valence-electron chi connectivity index (χ3n) is 2.77. The van der Waals surface area contributed by atoms with Crippen LogP contribution in [-0.4, -0.2) is 23.1 Å². The molecule has 1 aromatic rings. The summed E-state index contributed by atoms with van der Waals surface area (Å²) < 4.78 is 12.8. The number of hydrogen-bond donors (Lipinski definition) is 3. The number of pyridine rings is 1. The van der Waals surface area contributed by atoms with Crippen LogP contribution >= 0.6 is 0 Å². The molecule has 2 rings (SSSR count). The average Bonchev–Trinajstić information content (AvgIpc) is 2.77. The molecule has 3 N–H and O–H groups in total. The van der Waals surface area contributed by atoms with Crippen LogP contribution in [0, 0.1) is 5.95 Å². The van der Waals surface area contributed by atoms with Crippen molar-refractivity contribution in [2.24, 2.45) is 0 Å². The van der Waals surface area contributed by atoms with Gasteiger partial charge in [0.25, 0.3) is 5.91 Å². The Balaban J connectivity index is 1.94. The van der Waals surface area contributed by atoms with E-state index >= 15 is 0 Å². The van der Waals surface area contributed by atoms with Gasteiger partial charge in [-0.25, -0.2) is 10.4 Å². The number of nitrogens with one attached hydrogen (secondary N) is 3. The Hall–Kier alpha value is -1.53. The van der Waals surface area contributed by atoms with Gasteiger partial charge in [0, 0.05) is 23.9 Å². The number of hydrogen-bond acceptors (Lipinski definition) is 4. The molecule has 0 saturated carbocycles. The number of aromatic nitrogens is 1. The molecule has 1 aliphatic rings. The fourth-order valence-corrected chi connectivity index (χ4v) is 1.77. The molecule has 6 heteroatoms. The van der Waals surface area contributed by atoms with Gasteiger partial charge < -0.3 is 5.32 Å². The number of hydrazine groups is 1. The summed E-state index contributed by atoms with van der Waals surface area (Å²) in [4.78, 5) is 15.2. The first kappa shape index (κ1) is 11.9. The van der Waals surface area contributed by atoms with Crippen molar-refractivity contribution in [2.45, 2.75) is 32.0 Å². The summed E-state index contributed by atoms with van der Waals surface area (Å²) in [5.74, 6) is -0.955. The lowest BCUT2D eigenvalue weighted by atomic mass is 10.1. The van der Waals surface area contributed by atoms with Gasteiger partial charge in [-0.15, -0.1) is 0 Å². The molecule has 17 heavy (non-hydrogen) atoms. The van der Waals surface area contributed by atoms with Gasteiger partial charge in [-0.3, -0.25) is 10.2 Å². The molecule has 2 unspecified atom stereocenters. The van der Waals surface area contributed by atoms with Gasteiger partial charge in [-0.2, -0.15) is 4.39 Å². The molecule has 0 bridgehead atoms. The van der Waals surface area contributed by atoms with E-state index in [1.54, 1.807) is 0 Å². The minimum Gasteiger partial charge on any atom is -0.335 e. The zero-order valence-electron chi connectivity index (χ0n) is 9.53. The van der Waals surface area contributed by atoms with Gasteiger partial charge in [0.2, 0.25) is 5.95 Å². The van der Waals surface area contributed by atoms with Crippen molar-refractivity contribution in [3.63, 3.8) is 0 Å². The van der Waals surface area contributed by atoms with E-state index in [2.05, 4.69) is 28.1 Å². The van der Waals surface area contributed by atoms with E-state index in [9.17, 15) is 9.18 Å². The predicted octanol–water partition coefficient (Wildman–Crippen LogP) is 0.553. The van der Waals surface area contributed by atoms with E-state index in [4.69, 9.17) is 0 Å². The summed E-state index contributed by atoms with van der Waals surface area (Å²) in [5, 5.41) is 2.78. The molecule has 5 nitrogen and oxygen atoms in total. The standard InChI is InChI=1S/C11H15FN4O/c1-2-8-6-10(16-15-8)14-11(17)7-3-4-13-9(12)5-7/h3-5,8,10,15-16H,2,6H2,1H3,(H,14,17). The summed E-state index contributed by atoms with van der Waals surface area (Å²) in [6.45, 7) is 2.07. The molecule has 1 saturated heterocycles. The fourth-order valence-electron chi connectivity index (χ4n) is 1.77. The second kappa shape index (κ2) is 5.20. The third-order valence-corrected chi connectivity index (χ3v) is 2.77. The molecule has 1 fully saturated rings. The van der Waals surface area contributed by atoms with Crippen LogP contribution < -0.4 is 16.2 Å². The maximum absolute atomic E-state index is 12.8. The number of carbonyl (C=O) groups is 1. The van der Waals surface area contributed by atoms with Gasteiger partial charge in [0.05, 0.1) is 6.17 Å². The highest BCUT2D eigenvalue weighted by Gasteiger charge is 2.23. The molecule has 0 spiro atoms. The van der Waals surface area contributed by atoms with Crippen LogP contribution in [0.2, 0.25) is 0 Å². The van der Waals surface area contributed by atoms with Crippen molar-refractivity contribution in [2.75, 3.05) is 0 Å². The Morgan fingerprint density at radius 3 is 3.12 bits per heavy atom. The van der Waals surface area contributed by atoms with Crippen LogP contribution in [0.3, 0.4) is 0 Å². The molecular weight excluding hydrogens is 223 g/mol. The Kier molecular flexibility index (Phi) is 3.65. The Morgan fingerprint density at radius 1 is 1.65 bits per heavy atom. The summed E-state index contributed by atoms with van der Waals surface area (Å²) >= 11 is 0. The molecule has 2 atom stereocenters. The number of nitrogens with zero attached hydrogens (tertiary/aromatic N) is 1. The molecule has 0 radical (unpaired) electrons. The van der Waals surface area contributed by atoms with E-state index in [0.29, 0.717) is 6.04 Å². The molecule has 1 amide bonds. The van der Waals surface area contributed by atoms with E-state index in [1.165, 1.54) is 12.3 Å². The highest BCUT2D eigenvalue weighted by molar-refractivity contribution is 5.94. The first-order valence-corrected chi connectivity index (χ1v) is 5.62. The highest BCUT2D eigenvalue weighted by atomic mass is 19.1. The zero-order valence-corrected chi connectivity index (χ0v) is 9.53. The van der Waals surface area contributed by atoms with Gasteiger partial charge >= 0.3 is 0 Å². The summed E-state index contributed by atoms with van der Waals surface area (Å²) in [6.07, 6.45) is 2.96. The van der Waals surface area contributed by atoms with Crippen LogP contribution in [0.1, 0.15) is 30.1 Å². The normalized spacial score (nSPS) is 23.6. The van der Waals surface area contributed by atoms with E-state index in [-0.39, 0.29) is 17.6 Å². The van der Waals surface area contributed by atoms with Crippen molar-refractivity contribution in [3.05, 3.63) is 29.8 Å². The smallest absolute Gasteiger partial charge is 0.252 e. The van der Waals surface area contributed by atoms with Crippen LogP contribution in [0.15, 0.2) is 18.3 Å². The first-order chi connectivity index (χ1) is 8.19. The van der Waals surface area contributed by atoms with Crippen LogP contribution in [0.4, 0.5) is 4.39 Å². The molecule has 1 aromatic heterocycles. The topological polar surface area (TPSA) is 66.0 Å². The Morgan fingerprint density at radius 2 is 2.47 bits per heavy atom. The maximum atomic E-state index is 12.8. The Bertz CT molecular complexity index is 412. The van der Waals surface area contributed by atoms with Crippen LogP contribution in [0.5, 0.6) is 0 Å². The molecular formula is C11H15FN4O. The maximum Gasteiger partial charge on any atom is 0.252 e. The van der Waals surface area contributed by atoms with Crippen LogP contribution in [0.25, 0.3) is 0 Å². The summed E-state index contributed by atoms with van der Waals surface area (Å²) in [5.41, 5.74) is 6.33. The second-order valence-electron chi connectivity index (χ2n) is 4.02. The molecule has 92 valence electrons. The van der Waals surface area contributed by atoms with Crippen LogP contribution in [-0.2, 0) is 0 Å². The quantitative estimate of drug-likeness (QED) is 0.673. The lowest BCUT2D eigenvalue weighted by molar-refractivity contribution is 0.0931. The predicted molar refractivity (Wildman–Crippen MR) is 60.4 cm³/mol. The fraction of sp³-hybridized carbons (Fsp3) is 0.455. The van der Waals surface area contributed by atoms with Crippen molar-refractivity contribution < 1.29 is 9.18 Å². The van der Waals surface area contributed by atoms with Gasteiger partial charge in [-0.05, 0) is 18.9 Å². The zero-order chi connectivity index (χ0) is 12.3. The van der Waals surface area contributed by atoms with E-state index < -0.39 is 5.95 Å². The van der Waals surface area contributed by atoms with Crippen molar-refractivity contribution >= 4 is 5.91 Å². The van der Waals surface area contributed by atoms with Gasteiger partial charge in [0.1, 0.15) is 0 Å². The molecule has 0 aliphatic carbocycles. The minimum absolute atomic E-state index is 0.122. The summed E-state index contributed by atoms with van der Waals surface area (Å²) in [7, 11) is 0. The van der Waals surface area contributed by atoms with Crippen molar-refractivity contribution in [3.8, 4) is 0 Å². The van der Waals surface area contributed by atoms with E-state index in [1.807, 2.05) is 0 Å². The molecule has 0 aromatic carbocycles. The number of carbonyl (C=O) groups excluding carboxylic acids is 1. The molecule has 2 heterocycles. The highest BCUT2D eigenvalue weighted by Crippen LogP contribution is 2.07. The molecule has 1 aliphatic heterocycles. The van der Waals surface area contributed by atoms with Crippen molar-refractivity contribution in [1.82, 2.24) is 21.2 Å². The minimum atomic E-state index is -0.651. The first-order valence-electron chi connectivity index (χ1n) is 5.62. The monoisotopic (exact) mass is 238 g/mol. The summed E-state index contributed by atoms with van der Waals surface area (Å²) in [6, 6.07) is 2.96. The third kappa shape index (κ3) is 2.98. The average molecular weight is 238 g/mol. The SMILES string of the molecule is CCC1CC(NC(=O)c2ccnc(F)c2)NN1. The second-order valence-corrected chi connectivity index (χ2v) is 4.02.